The van der Waals surface area contributed by atoms with Crippen LogP contribution < -0.4 is 10.9 Å². The summed E-state index contributed by atoms with van der Waals surface area (Å²) in [7, 11) is 0. The molecule has 2 N–H and O–H groups in total. The highest BCUT2D eigenvalue weighted by atomic mass is 32.1. The number of nitrogens with zero attached hydrogens (tertiary/aromatic N) is 5. The normalized spacial score (nSPS) is 9.11. The molecule has 0 unspecified atom stereocenters. The zero-order valence-corrected chi connectivity index (χ0v) is 9.95. The van der Waals surface area contributed by atoms with E-state index in [2.05, 4.69) is 29.3 Å². The third-order valence-corrected chi connectivity index (χ3v) is 2.77. The number of nitriles is 1. The smallest absolute Gasteiger partial charge is 0.359 e. The molecule has 0 aliphatic heterocycles. The molecule has 0 fully saturated rings. The Labute approximate surface area is 110 Å². The van der Waals surface area contributed by atoms with Gasteiger partial charge < -0.3 is 15.0 Å². The standard InChI is InChI=1S/C10H3N7OS/c1-12-6-3-7(16-10(13-2)15-6)14-9-5(4-11)8(18)17-19-9/h3H,(H,17,18)(H,14,15,16). The fourth-order valence-corrected chi connectivity index (χ4v) is 1.89. The molecule has 0 saturated heterocycles. The minimum atomic E-state index is -0.500. The van der Waals surface area contributed by atoms with Crippen LogP contribution in [0.2, 0.25) is 0 Å². The lowest BCUT2D eigenvalue weighted by atomic mass is 10.4. The van der Waals surface area contributed by atoms with E-state index in [1.807, 2.05) is 0 Å². The fourth-order valence-electron chi connectivity index (χ4n) is 1.20. The van der Waals surface area contributed by atoms with Crippen molar-refractivity contribution in [2.75, 3.05) is 5.32 Å². The highest BCUT2D eigenvalue weighted by molar-refractivity contribution is 7.10. The lowest BCUT2D eigenvalue weighted by Gasteiger charge is -2.01. The molecule has 90 valence electrons. The molecule has 0 atom stereocenters. The minimum Gasteiger partial charge on any atom is -0.395 e. The summed E-state index contributed by atoms with van der Waals surface area (Å²) in [5.41, 5.74) is -0.572. The van der Waals surface area contributed by atoms with Crippen molar-refractivity contribution in [2.24, 2.45) is 0 Å². The minimum absolute atomic E-state index is 0.00453. The molecule has 2 aromatic rings. The van der Waals surface area contributed by atoms with E-state index in [-0.39, 0.29) is 28.1 Å². The Morgan fingerprint density at radius 2 is 2.21 bits per heavy atom. The topological polar surface area (TPSA) is 103 Å². The molecule has 2 heterocycles. The van der Waals surface area contributed by atoms with E-state index in [1.165, 1.54) is 6.07 Å². The number of hydrogen-bond acceptors (Lipinski definition) is 6. The Hall–Kier alpha value is -3.22. The van der Waals surface area contributed by atoms with Crippen LogP contribution in [0.3, 0.4) is 0 Å². The van der Waals surface area contributed by atoms with Crippen LogP contribution in [0.25, 0.3) is 9.69 Å². The zero-order valence-electron chi connectivity index (χ0n) is 9.13. The number of aromatic amines is 1. The van der Waals surface area contributed by atoms with Gasteiger partial charge in [-0.2, -0.15) is 10.2 Å². The van der Waals surface area contributed by atoms with E-state index in [1.54, 1.807) is 6.07 Å². The average molecular weight is 269 g/mol. The van der Waals surface area contributed by atoms with Gasteiger partial charge in [-0.15, -0.1) is 11.6 Å². The van der Waals surface area contributed by atoms with E-state index >= 15 is 0 Å². The number of H-pyrrole nitrogens is 1. The van der Waals surface area contributed by atoms with Crippen LogP contribution in [0, 0.1) is 24.5 Å². The predicted octanol–water partition coefficient (Wildman–Crippen LogP) is 1.94. The maximum atomic E-state index is 11.3. The van der Waals surface area contributed by atoms with Crippen molar-refractivity contribution in [1.29, 1.82) is 5.26 Å². The molecule has 8 nitrogen and oxygen atoms in total. The van der Waals surface area contributed by atoms with Crippen LogP contribution in [0.1, 0.15) is 5.56 Å². The first-order valence-corrected chi connectivity index (χ1v) is 5.52. The van der Waals surface area contributed by atoms with E-state index in [0.29, 0.717) is 0 Å². The van der Waals surface area contributed by atoms with Crippen molar-refractivity contribution >= 4 is 34.1 Å². The number of anilines is 2. The summed E-state index contributed by atoms with van der Waals surface area (Å²) in [6.07, 6.45) is 0. The first kappa shape index (κ1) is 12.2. The van der Waals surface area contributed by atoms with Crippen molar-refractivity contribution in [2.45, 2.75) is 0 Å². The van der Waals surface area contributed by atoms with E-state index < -0.39 is 5.56 Å². The van der Waals surface area contributed by atoms with Gasteiger partial charge in [-0.3, -0.25) is 9.17 Å². The molecule has 2 rings (SSSR count). The zero-order chi connectivity index (χ0) is 13.8. The second-order valence-corrected chi connectivity index (χ2v) is 3.93. The quantitative estimate of drug-likeness (QED) is 0.811. The maximum Gasteiger partial charge on any atom is 0.359 e. The molecule has 0 aliphatic rings. The molecular formula is C10H3N7OS. The van der Waals surface area contributed by atoms with Gasteiger partial charge in [-0.05, 0) is 11.5 Å². The Bertz CT molecular complexity index is 782. The second-order valence-electron chi connectivity index (χ2n) is 3.11. The van der Waals surface area contributed by atoms with Gasteiger partial charge in [0.05, 0.1) is 0 Å². The largest absolute Gasteiger partial charge is 0.395 e. The number of hydrogen-bond donors (Lipinski definition) is 2. The highest BCUT2D eigenvalue weighted by Crippen LogP contribution is 2.24. The van der Waals surface area contributed by atoms with E-state index in [9.17, 15) is 4.79 Å². The monoisotopic (exact) mass is 269 g/mol. The molecule has 0 spiro atoms. The molecule has 0 radical (unpaired) electrons. The lowest BCUT2D eigenvalue weighted by Crippen LogP contribution is -2.03. The van der Waals surface area contributed by atoms with Crippen LogP contribution in [0.15, 0.2) is 10.9 Å². The summed E-state index contributed by atoms with van der Waals surface area (Å²) in [5, 5.41) is 11.8. The molecule has 9 heteroatoms. The fraction of sp³-hybridized carbons (Fsp3) is 0. The Morgan fingerprint density at radius 1 is 1.42 bits per heavy atom. The Kier molecular flexibility index (Phi) is 3.20. The summed E-state index contributed by atoms with van der Waals surface area (Å²) in [6, 6.07) is 3.09. The molecule has 2 aromatic heterocycles. The van der Waals surface area contributed by atoms with Crippen molar-refractivity contribution in [3.05, 3.63) is 44.8 Å². The first-order chi connectivity index (χ1) is 9.17. The van der Waals surface area contributed by atoms with Gasteiger partial charge in [0.1, 0.15) is 11.1 Å². The van der Waals surface area contributed by atoms with E-state index in [4.69, 9.17) is 18.4 Å². The molecule has 0 aromatic carbocycles. The summed E-state index contributed by atoms with van der Waals surface area (Å²) < 4.78 is 2.40. The van der Waals surface area contributed by atoms with Crippen LogP contribution in [0.5, 0.6) is 0 Å². The number of rotatable bonds is 2. The predicted molar refractivity (Wildman–Crippen MR) is 67.5 cm³/mol. The van der Waals surface area contributed by atoms with Crippen molar-refractivity contribution in [1.82, 2.24) is 14.3 Å². The number of aromatic nitrogens is 3. The summed E-state index contributed by atoms with van der Waals surface area (Å²) in [6.45, 7) is 13.7. The maximum absolute atomic E-state index is 11.3. The number of nitrogens with one attached hydrogen (secondary N) is 2. The van der Waals surface area contributed by atoms with Crippen molar-refractivity contribution in [3.8, 4) is 6.07 Å². The first-order valence-electron chi connectivity index (χ1n) is 4.70. The van der Waals surface area contributed by atoms with Gasteiger partial charge in [0.25, 0.3) is 5.56 Å². The van der Waals surface area contributed by atoms with E-state index in [0.717, 1.165) is 11.5 Å². The van der Waals surface area contributed by atoms with Crippen LogP contribution >= 0.6 is 11.5 Å². The van der Waals surface area contributed by atoms with Gasteiger partial charge in [0.2, 0.25) is 5.82 Å². The average Bonchev–Trinajstić information content (AvgIpc) is 2.78. The van der Waals surface area contributed by atoms with Crippen LogP contribution in [0.4, 0.5) is 22.6 Å². The molecular weight excluding hydrogens is 266 g/mol. The highest BCUT2D eigenvalue weighted by Gasteiger charge is 2.12. The third-order valence-electron chi connectivity index (χ3n) is 1.97. The molecule has 0 saturated carbocycles. The van der Waals surface area contributed by atoms with Gasteiger partial charge in [0.15, 0.2) is 11.4 Å². The van der Waals surface area contributed by atoms with Gasteiger partial charge in [0, 0.05) is 6.07 Å². The summed E-state index contributed by atoms with van der Waals surface area (Å²) in [5.74, 6) is 0.000954. The van der Waals surface area contributed by atoms with Crippen molar-refractivity contribution < 1.29 is 0 Å². The Morgan fingerprint density at radius 3 is 2.84 bits per heavy atom. The molecule has 0 aliphatic carbocycles. The lowest BCUT2D eigenvalue weighted by molar-refractivity contribution is 1.22. The van der Waals surface area contributed by atoms with Gasteiger partial charge in [-0.25, -0.2) is 0 Å². The Balaban J connectivity index is 2.45. The third kappa shape index (κ3) is 2.39. The van der Waals surface area contributed by atoms with Gasteiger partial charge in [-0.1, -0.05) is 6.57 Å². The van der Waals surface area contributed by atoms with Gasteiger partial charge >= 0.3 is 5.95 Å². The molecule has 0 amide bonds. The SMILES string of the molecule is [C-]#[N+]c1cc(Nc2s[nH]c(=O)c2C#N)nc([N+]#[C-])n1. The van der Waals surface area contributed by atoms with Crippen LogP contribution in [-0.2, 0) is 0 Å². The second kappa shape index (κ2) is 4.96. The molecule has 19 heavy (non-hydrogen) atoms. The summed E-state index contributed by atoms with van der Waals surface area (Å²) in [4.78, 5) is 24.9. The van der Waals surface area contributed by atoms with Crippen molar-refractivity contribution in [3.63, 3.8) is 0 Å². The summed E-state index contributed by atoms with van der Waals surface area (Å²) >= 11 is 0.936. The molecule has 0 bridgehead atoms. The van der Waals surface area contributed by atoms with Crippen LogP contribution in [-0.4, -0.2) is 14.3 Å².